The van der Waals surface area contributed by atoms with Gasteiger partial charge in [0.05, 0.1) is 0 Å². The van der Waals surface area contributed by atoms with Crippen LogP contribution in [0.5, 0.6) is 0 Å². The van der Waals surface area contributed by atoms with Gasteiger partial charge in [-0.1, -0.05) is 13.8 Å². The summed E-state index contributed by atoms with van der Waals surface area (Å²) in [7, 11) is 0. The zero-order valence-corrected chi connectivity index (χ0v) is 21.5. The second-order valence-corrected chi connectivity index (χ2v) is 12.6. The Kier molecular flexibility index (Phi) is 7.85. The van der Waals surface area contributed by atoms with Gasteiger partial charge in [0.25, 0.3) is 0 Å². The Morgan fingerprint density at radius 1 is 0.914 bits per heavy atom. The van der Waals surface area contributed by atoms with Crippen molar-refractivity contribution in [1.82, 2.24) is 0 Å². The van der Waals surface area contributed by atoms with Gasteiger partial charge < -0.3 is 20.7 Å². The largest absolute Gasteiger partial charge is 0.481 e. The molecular formula is C28H45NO6. The standard InChI is InChI=1S/C28H45NO6/c1-27-15-13-22-20(21(27)9-7-17(27)4-3-5-24(30)31)8-6-18-16-19(12-14-28(18,22)2)35-26(34)23(29)10-11-25(32)33/h17-23H,3-16,29H2,1-2H3,(H,30,31)(H,32,33)/t17?,18-,19+,20+,21+,22+,23-,27-,28+/m1/s1. The van der Waals surface area contributed by atoms with Crippen molar-refractivity contribution in [3.63, 3.8) is 0 Å². The molecule has 4 aliphatic rings. The summed E-state index contributed by atoms with van der Waals surface area (Å²) < 4.78 is 5.77. The fraction of sp³-hybridized carbons (Fsp3) is 0.893. The van der Waals surface area contributed by atoms with E-state index in [0.717, 1.165) is 49.9 Å². The van der Waals surface area contributed by atoms with Crippen molar-refractivity contribution in [2.24, 2.45) is 46.2 Å². The molecule has 0 aromatic carbocycles. The number of carboxylic acid groups (broad SMARTS) is 2. The van der Waals surface area contributed by atoms with Crippen molar-refractivity contribution >= 4 is 17.9 Å². The molecule has 198 valence electrons. The van der Waals surface area contributed by atoms with Crippen LogP contribution in [0.1, 0.15) is 104 Å². The fourth-order valence-corrected chi connectivity index (χ4v) is 9.06. The van der Waals surface area contributed by atoms with E-state index in [4.69, 9.17) is 20.7 Å². The maximum atomic E-state index is 12.4. The molecule has 4 fully saturated rings. The highest BCUT2D eigenvalue weighted by Gasteiger charge is 2.60. The van der Waals surface area contributed by atoms with Crippen LogP contribution in [-0.2, 0) is 19.1 Å². The molecule has 0 heterocycles. The minimum Gasteiger partial charge on any atom is -0.481 e. The SMILES string of the molecule is C[C@]12CC[C@H](OC(=O)[C@H](N)CCC(=O)O)C[C@H]1CC[C@@H]1[C@@H]2CC[C@]2(C)C(CCCC(=O)O)CC[C@@H]12. The summed E-state index contributed by atoms with van der Waals surface area (Å²) in [6.07, 6.45) is 12.4. The first-order valence-electron chi connectivity index (χ1n) is 13.9. The van der Waals surface area contributed by atoms with Gasteiger partial charge in [-0.3, -0.25) is 14.4 Å². The third kappa shape index (κ3) is 5.26. The number of fused-ring (bicyclic) bond motifs is 5. The monoisotopic (exact) mass is 491 g/mol. The van der Waals surface area contributed by atoms with Crippen molar-refractivity contribution in [2.45, 2.75) is 116 Å². The molecule has 4 aliphatic carbocycles. The Balaban J connectivity index is 1.35. The first kappa shape index (κ1) is 26.4. The minimum absolute atomic E-state index is 0.105. The van der Waals surface area contributed by atoms with Crippen LogP contribution in [0.4, 0.5) is 0 Å². The van der Waals surface area contributed by atoms with Gasteiger partial charge in [-0.05, 0) is 117 Å². The topological polar surface area (TPSA) is 127 Å². The van der Waals surface area contributed by atoms with E-state index in [0.29, 0.717) is 29.1 Å². The van der Waals surface area contributed by atoms with Crippen LogP contribution < -0.4 is 5.73 Å². The summed E-state index contributed by atoms with van der Waals surface area (Å²) in [5.74, 6) is 1.40. The number of aliphatic carboxylic acids is 2. The molecule has 0 aromatic heterocycles. The Hall–Kier alpha value is -1.63. The molecule has 4 saturated carbocycles. The van der Waals surface area contributed by atoms with Crippen molar-refractivity contribution < 1.29 is 29.3 Å². The zero-order valence-electron chi connectivity index (χ0n) is 21.5. The van der Waals surface area contributed by atoms with Gasteiger partial charge in [0, 0.05) is 12.8 Å². The lowest BCUT2D eigenvalue weighted by Gasteiger charge is -2.61. The number of carboxylic acids is 2. The average Bonchev–Trinajstić information content (AvgIpc) is 3.13. The maximum absolute atomic E-state index is 12.4. The summed E-state index contributed by atoms with van der Waals surface area (Å²) in [5, 5.41) is 17.9. The van der Waals surface area contributed by atoms with Crippen LogP contribution in [0.15, 0.2) is 0 Å². The number of hydrogen-bond acceptors (Lipinski definition) is 5. The molecule has 4 rings (SSSR count). The Labute approximate surface area is 209 Å². The van der Waals surface area contributed by atoms with Gasteiger partial charge in [-0.2, -0.15) is 0 Å². The molecule has 9 atom stereocenters. The van der Waals surface area contributed by atoms with Gasteiger partial charge in [0.1, 0.15) is 12.1 Å². The number of nitrogens with two attached hydrogens (primary N) is 1. The van der Waals surface area contributed by atoms with E-state index in [9.17, 15) is 14.4 Å². The Morgan fingerprint density at radius 2 is 1.60 bits per heavy atom. The molecule has 1 unspecified atom stereocenters. The fourth-order valence-electron chi connectivity index (χ4n) is 9.06. The van der Waals surface area contributed by atoms with Crippen LogP contribution >= 0.6 is 0 Å². The first-order valence-corrected chi connectivity index (χ1v) is 13.9. The second kappa shape index (κ2) is 10.4. The van der Waals surface area contributed by atoms with E-state index in [1.165, 1.54) is 38.5 Å². The maximum Gasteiger partial charge on any atom is 0.323 e. The molecule has 0 bridgehead atoms. The predicted molar refractivity (Wildman–Crippen MR) is 131 cm³/mol. The highest BCUT2D eigenvalue weighted by atomic mass is 16.5. The van der Waals surface area contributed by atoms with Crippen molar-refractivity contribution in [1.29, 1.82) is 0 Å². The molecule has 7 nitrogen and oxygen atoms in total. The van der Waals surface area contributed by atoms with Crippen LogP contribution in [0.25, 0.3) is 0 Å². The zero-order chi connectivity index (χ0) is 25.4. The number of ether oxygens (including phenoxy) is 1. The number of carbonyl (C=O) groups is 3. The third-order valence-corrected chi connectivity index (χ3v) is 11.0. The summed E-state index contributed by atoms with van der Waals surface area (Å²) in [6.45, 7) is 5.00. The normalized spacial score (nSPS) is 41.2. The second-order valence-electron chi connectivity index (χ2n) is 12.6. The Morgan fingerprint density at radius 3 is 2.31 bits per heavy atom. The van der Waals surface area contributed by atoms with Gasteiger partial charge >= 0.3 is 17.9 Å². The molecule has 0 radical (unpaired) electrons. The van der Waals surface area contributed by atoms with E-state index < -0.39 is 23.9 Å². The quantitative estimate of drug-likeness (QED) is 0.387. The molecular weight excluding hydrogens is 446 g/mol. The van der Waals surface area contributed by atoms with Gasteiger partial charge in [-0.25, -0.2) is 0 Å². The molecule has 0 aromatic rings. The van der Waals surface area contributed by atoms with Crippen LogP contribution in [0, 0.1) is 40.4 Å². The number of esters is 1. The van der Waals surface area contributed by atoms with E-state index in [1.54, 1.807) is 0 Å². The Bertz CT molecular complexity index is 815. The van der Waals surface area contributed by atoms with Crippen molar-refractivity contribution in [3.05, 3.63) is 0 Å². The van der Waals surface area contributed by atoms with E-state index in [1.807, 2.05) is 0 Å². The van der Waals surface area contributed by atoms with Crippen LogP contribution in [0.3, 0.4) is 0 Å². The summed E-state index contributed by atoms with van der Waals surface area (Å²) in [4.78, 5) is 34.2. The van der Waals surface area contributed by atoms with E-state index in [-0.39, 0.29) is 18.9 Å². The smallest absolute Gasteiger partial charge is 0.323 e. The highest BCUT2D eigenvalue weighted by molar-refractivity contribution is 5.76. The lowest BCUT2D eigenvalue weighted by molar-refractivity contribution is -0.164. The average molecular weight is 492 g/mol. The summed E-state index contributed by atoms with van der Waals surface area (Å²) in [5.41, 5.74) is 6.53. The molecule has 0 saturated heterocycles. The van der Waals surface area contributed by atoms with Crippen molar-refractivity contribution in [3.8, 4) is 0 Å². The molecule has 0 amide bonds. The van der Waals surface area contributed by atoms with Crippen LogP contribution in [-0.4, -0.2) is 40.3 Å². The summed E-state index contributed by atoms with van der Waals surface area (Å²) >= 11 is 0. The number of carbonyl (C=O) groups excluding carboxylic acids is 1. The number of rotatable bonds is 9. The van der Waals surface area contributed by atoms with E-state index >= 15 is 0 Å². The number of hydrogen-bond donors (Lipinski definition) is 3. The molecule has 35 heavy (non-hydrogen) atoms. The highest BCUT2D eigenvalue weighted by Crippen LogP contribution is 2.68. The lowest BCUT2D eigenvalue weighted by atomic mass is 9.44. The van der Waals surface area contributed by atoms with Gasteiger partial charge in [0.2, 0.25) is 0 Å². The van der Waals surface area contributed by atoms with E-state index in [2.05, 4.69) is 13.8 Å². The lowest BCUT2D eigenvalue weighted by Crippen LogP contribution is -2.54. The van der Waals surface area contributed by atoms with Crippen molar-refractivity contribution in [2.75, 3.05) is 0 Å². The van der Waals surface area contributed by atoms with Gasteiger partial charge in [0.15, 0.2) is 0 Å². The molecule has 0 spiro atoms. The molecule has 7 heteroatoms. The summed E-state index contributed by atoms with van der Waals surface area (Å²) in [6, 6.07) is -0.864. The molecule has 4 N–H and O–H groups in total. The third-order valence-electron chi connectivity index (χ3n) is 11.0. The first-order chi connectivity index (χ1) is 16.5. The predicted octanol–water partition coefficient (Wildman–Crippen LogP) is 5.00. The minimum atomic E-state index is -0.948. The van der Waals surface area contributed by atoms with Gasteiger partial charge in [-0.15, -0.1) is 0 Å². The molecule has 0 aliphatic heterocycles. The van der Waals surface area contributed by atoms with Crippen LogP contribution in [0.2, 0.25) is 0 Å².